The number of anilines is 1. The van der Waals surface area contributed by atoms with Gasteiger partial charge >= 0.3 is 0 Å². The molecule has 3 heterocycles. The highest BCUT2D eigenvalue weighted by Gasteiger charge is 2.17. The summed E-state index contributed by atoms with van der Waals surface area (Å²) in [5, 5.41) is 4.29. The zero-order valence-corrected chi connectivity index (χ0v) is 19.1. The number of rotatable bonds is 5. The van der Waals surface area contributed by atoms with Gasteiger partial charge in [0.2, 0.25) is 5.82 Å². The summed E-state index contributed by atoms with van der Waals surface area (Å²) in [5.41, 5.74) is 4.47. The summed E-state index contributed by atoms with van der Waals surface area (Å²) in [4.78, 5) is 14.4. The SMILES string of the molecule is CN1CCN(Cc2cccc(-c3noc(-c4cccc(N5CCN(C)CC5)c4)n3)c2)CC1. The quantitative estimate of drug-likeness (QED) is 0.614. The molecule has 2 aliphatic rings. The lowest BCUT2D eigenvalue weighted by Gasteiger charge is -2.34. The molecule has 7 nitrogen and oxygen atoms in total. The second-order valence-corrected chi connectivity index (χ2v) is 9.04. The lowest BCUT2D eigenvalue weighted by atomic mass is 10.1. The van der Waals surface area contributed by atoms with Gasteiger partial charge in [-0.05, 0) is 43.9 Å². The standard InChI is InChI=1S/C25H32N6O/c1-28-9-13-30(14-10-28)19-20-5-3-6-21(17-20)24-26-25(32-27-24)22-7-4-8-23(18-22)31-15-11-29(2)12-16-31/h3-8,17-18H,9-16,19H2,1-2H3. The number of aromatic nitrogens is 2. The van der Waals surface area contributed by atoms with Crippen molar-refractivity contribution < 1.29 is 4.52 Å². The highest BCUT2D eigenvalue weighted by molar-refractivity contribution is 5.65. The number of hydrogen-bond acceptors (Lipinski definition) is 7. The van der Waals surface area contributed by atoms with Crippen LogP contribution in [0.1, 0.15) is 5.56 Å². The number of likely N-dealkylation sites (N-methyl/N-ethyl adjacent to an activating group) is 2. The molecule has 1 aromatic heterocycles. The van der Waals surface area contributed by atoms with E-state index < -0.39 is 0 Å². The van der Waals surface area contributed by atoms with Crippen LogP contribution in [0.2, 0.25) is 0 Å². The molecular formula is C25H32N6O. The third-order valence-electron chi connectivity index (χ3n) is 6.57. The third kappa shape index (κ3) is 4.85. The molecule has 32 heavy (non-hydrogen) atoms. The molecule has 168 valence electrons. The van der Waals surface area contributed by atoms with Crippen molar-refractivity contribution in [3.05, 3.63) is 54.1 Å². The summed E-state index contributed by atoms with van der Waals surface area (Å²) in [5.74, 6) is 1.21. The van der Waals surface area contributed by atoms with E-state index in [1.807, 2.05) is 6.07 Å². The minimum atomic E-state index is 0.570. The van der Waals surface area contributed by atoms with Crippen LogP contribution in [0.25, 0.3) is 22.8 Å². The van der Waals surface area contributed by atoms with Gasteiger partial charge in [0.1, 0.15) is 0 Å². The molecule has 2 aromatic carbocycles. The van der Waals surface area contributed by atoms with Crippen LogP contribution in [-0.4, -0.2) is 91.3 Å². The summed E-state index contributed by atoms with van der Waals surface area (Å²) in [6.45, 7) is 9.66. The highest BCUT2D eigenvalue weighted by Crippen LogP contribution is 2.27. The summed E-state index contributed by atoms with van der Waals surface area (Å²) in [6, 6.07) is 17.0. The lowest BCUT2D eigenvalue weighted by Crippen LogP contribution is -2.44. The van der Waals surface area contributed by atoms with E-state index in [1.165, 1.54) is 11.3 Å². The van der Waals surface area contributed by atoms with Crippen molar-refractivity contribution in [2.45, 2.75) is 6.54 Å². The van der Waals surface area contributed by atoms with Crippen LogP contribution in [0, 0.1) is 0 Å². The highest BCUT2D eigenvalue weighted by atomic mass is 16.5. The van der Waals surface area contributed by atoms with Crippen molar-refractivity contribution >= 4 is 5.69 Å². The normalized spacial score (nSPS) is 18.9. The van der Waals surface area contributed by atoms with Gasteiger partial charge in [0, 0.05) is 75.7 Å². The molecule has 0 radical (unpaired) electrons. The summed E-state index contributed by atoms with van der Waals surface area (Å²) in [7, 11) is 4.36. The molecule has 2 fully saturated rings. The van der Waals surface area contributed by atoms with Crippen molar-refractivity contribution in [2.24, 2.45) is 0 Å². The molecule has 2 aliphatic heterocycles. The molecule has 2 saturated heterocycles. The van der Waals surface area contributed by atoms with Crippen LogP contribution in [-0.2, 0) is 6.54 Å². The molecule has 5 rings (SSSR count). The van der Waals surface area contributed by atoms with E-state index in [9.17, 15) is 0 Å². The first kappa shape index (κ1) is 21.1. The Morgan fingerprint density at radius 1 is 0.781 bits per heavy atom. The van der Waals surface area contributed by atoms with Crippen molar-refractivity contribution in [3.63, 3.8) is 0 Å². The molecular weight excluding hydrogens is 400 g/mol. The molecule has 0 atom stereocenters. The van der Waals surface area contributed by atoms with Gasteiger partial charge in [-0.3, -0.25) is 4.90 Å². The zero-order valence-electron chi connectivity index (χ0n) is 19.1. The smallest absolute Gasteiger partial charge is 0.258 e. The van der Waals surface area contributed by atoms with E-state index >= 15 is 0 Å². The van der Waals surface area contributed by atoms with Crippen molar-refractivity contribution in [2.75, 3.05) is 71.4 Å². The average Bonchev–Trinajstić information content (AvgIpc) is 3.32. The Balaban J connectivity index is 1.30. The van der Waals surface area contributed by atoms with Gasteiger partial charge in [-0.15, -0.1) is 0 Å². The van der Waals surface area contributed by atoms with E-state index in [2.05, 4.69) is 81.3 Å². The van der Waals surface area contributed by atoms with Crippen LogP contribution in [0.3, 0.4) is 0 Å². The van der Waals surface area contributed by atoms with E-state index in [1.54, 1.807) is 0 Å². The summed E-state index contributed by atoms with van der Waals surface area (Å²) < 4.78 is 5.66. The maximum Gasteiger partial charge on any atom is 0.258 e. The lowest BCUT2D eigenvalue weighted by molar-refractivity contribution is 0.148. The van der Waals surface area contributed by atoms with Crippen molar-refractivity contribution in [1.29, 1.82) is 0 Å². The predicted octanol–water partition coefficient (Wildman–Crippen LogP) is 2.90. The Morgan fingerprint density at radius 3 is 2.25 bits per heavy atom. The molecule has 0 bridgehead atoms. The van der Waals surface area contributed by atoms with E-state index in [4.69, 9.17) is 9.51 Å². The Morgan fingerprint density at radius 2 is 1.47 bits per heavy atom. The molecule has 0 N–H and O–H groups in total. The Hall–Kier alpha value is -2.74. The largest absolute Gasteiger partial charge is 0.369 e. The maximum atomic E-state index is 5.66. The maximum absolute atomic E-state index is 5.66. The first-order chi connectivity index (χ1) is 15.6. The van der Waals surface area contributed by atoms with Gasteiger partial charge in [0.05, 0.1) is 0 Å². The fraction of sp³-hybridized carbons (Fsp3) is 0.440. The molecule has 0 saturated carbocycles. The molecule has 0 aliphatic carbocycles. The zero-order chi connectivity index (χ0) is 21.9. The van der Waals surface area contributed by atoms with Crippen LogP contribution in [0.15, 0.2) is 53.1 Å². The minimum Gasteiger partial charge on any atom is -0.369 e. The van der Waals surface area contributed by atoms with E-state index in [-0.39, 0.29) is 0 Å². The van der Waals surface area contributed by atoms with E-state index in [0.717, 1.165) is 70.0 Å². The third-order valence-corrected chi connectivity index (χ3v) is 6.57. The fourth-order valence-corrected chi connectivity index (χ4v) is 4.43. The van der Waals surface area contributed by atoms with Crippen LogP contribution >= 0.6 is 0 Å². The molecule has 3 aromatic rings. The molecule has 7 heteroatoms. The average molecular weight is 433 g/mol. The number of nitrogens with zero attached hydrogens (tertiary/aromatic N) is 6. The summed E-state index contributed by atoms with van der Waals surface area (Å²) in [6.07, 6.45) is 0. The first-order valence-corrected chi connectivity index (χ1v) is 11.5. The van der Waals surface area contributed by atoms with Gasteiger partial charge in [-0.1, -0.05) is 29.4 Å². The number of piperazine rings is 2. The Kier molecular flexibility index (Phi) is 6.21. The monoisotopic (exact) mass is 432 g/mol. The topological polar surface area (TPSA) is 51.9 Å². The fourth-order valence-electron chi connectivity index (χ4n) is 4.43. The van der Waals surface area contributed by atoms with Gasteiger partial charge in [0.15, 0.2) is 0 Å². The molecule has 0 spiro atoms. The van der Waals surface area contributed by atoms with Gasteiger partial charge in [-0.25, -0.2) is 0 Å². The molecule has 0 amide bonds. The van der Waals surface area contributed by atoms with Gasteiger partial charge in [0.25, 0.3) is 5.89 Å². The van der Waals surface area contributed by atoms with Crippen molar-refractivity contribution in [3.8, 4) is 22.8 Å². The van der Waals surface area contributed by atoms with Crippen LogP contribution in [0.5, 0.6) is 0 Å². The van der Waals surface area contributed by atoms with Gasteiger partial charge < -0.3 is 19.2 Å². The summed E-state index contributed by atoms with van der Waals surface area (Å²) >= 11 is 0. The second-order valence-electron chi connectivity index (χ2n) is 9.04. The van der Waals surface area contributed by atoms with Crippen LogP contribution < -0.4 is 4.90 Å². The minimum absolute atomic E-state index is 0.570. The van der Waals surface area contributed by atoms with Crippen LogP contribution in [0.4, 0.5) is 5.69 Å². The first-order valence-electron chi connectivity index (χ1n) is 11.5. The molecule has 0 unspecified atom stereocenters. The number of benzene rings is 2. The Bertz CT molecular complexity index is 1030. The Labute approximate surface area is 190 Å². The van der Waals surface area contributed by atoms with Gasteiger partial charge in [-0.2, -0.15) is 4.98 Å². The number of hydrogen-bond donors (Lipinski definition) is 0. The van der Waals surface area contributed by atoms with E-state index in [0.29, 0.717) is 11.7 Å². The second kappa shape index (κ2) is 9.40. The van der Waals surface area contributed by atoms with Crippen molar-refractivity contribution in [1.82, 2.24) is 24.8 Å². The predicted molar refractivity (Wildman–Crippen MR) is 128 cm³/mol.